The van der Waals surface area contributed by atoms with Crippen LogP contribution in [0.1, 0.15) is 10.0 Å². The van der Waals surface area contributed by atoms with E-state index in [1.807, 2.05) is 11.8 Å². The summed E-state index contributed by atoms with van der Waals surface area (Å²) in [5.41, 5.74) is 11.2. The van der Waals surface area contributed by atoms with Gasteiger partial charge in [0.25, 0.3) is 0 Å². The van der Waals surface area contributed by atoms with Crippen LogP contribution in [0.5, 0.6) is 0 Å². The third kappa shape index (κ3) is 4.18. The Morgan fingerprint density at radius 2 is 1.41 bits per heavy atom. The van der Waals surface area contributed by atoms with Gasteiger partial charge in [-0.15, -0.1) is 22.7 Å². The lowest BCUT2D eigenvalue weighted by Crippen LogP contribution is -1.92. The molecule has 0 aliphatic rings. The molecule has 92 valence electrons. The summed E-state index contributed by atoms with van der Waals surface area (Å²) in [5.74, 6) is 2.15. The minimum absolute atomic E-state index is 0.795. The van der Waals surface area contributed by atoms with Crippen LogP contribution in [0.3, 0.4) is 0 Å². The first-order valence-corrected chi connectivity index (χ1v) is 8.01. The minimum atomic E-state index is 0.795. The summed E-state index contributed by atoms with van der Waals surface area (Å²) in [7, 11) is 0. The predicted octanol–water partition coefficient (Wildman–Crippen LogP) is 2.28. The van der Waals surface area contributed by atoms with Crippen LogP contribution < -0.4 is 11.5 Å². The Bertz CT molecular complexity index is 423. The number of rotatable bonds is 6. The summed E-state index contributed by atoms with van der Waals surface area (Å²) in [5, 5.41) is 3.83. The summed E-state index contributed by atoms with van der Waals surface area (Å²) in [6.07, 6.45) is 5.44. The Morgan fingerprint density at radius 1 is 0.941 bits per heavy atom. The number of nitrogens with zero attached hydrogens (tertiary/aromatic N) is 2. The molecule has 0 aliphatic carbocycles. The van der Waals surface area contributed by atoms with Gasteiger partial charge in [-0.3, -0.25) is 0 Å². The highest BCUT2D eigenvalue weighted by Crippen LogP contribution is 2.19. The second-order valence-electron chi connectivity index (χ2n) is 3.43. The molecule has 0 bridgehead atoms. The molecule has 2 heterocycles. The average molecular weight is 286 g/mol. The van der Waals surface area contributed by atoms with E-state index in [1.165, 1.54) is 0 Å². The van der Waals surface area contributed by atoms with Gasteiger partial charge in [0.05, 0.1) is 22.4 Å². The van der Waals surface area contributed by atoms with E-state index in [-0.39, 0.29) is 0 Å². The molecule has 4 nitrogen and oxygen atoms in total. The minimum Gasteiger partial charge on any atom is -0.389 e. The van der Waals surface area contributed by atoms with E-state index in [0.717, 1.165) is 44.4 Å². The Balaban J connectivity index is 1.60. The largest absolute Gasteiger partial charge is 0.389 e. The van der Waals surface area contributed by atoms with Crippen molar-refractivity contribution in [3.8, 4) is 0 Å². The predicted molar refractivity (Wildman–Crippen MR) is 77.8 cm³/mol. The molecule has 0 fully saturated rings. The highest BCUT2D eigenvalue weighted by atomic mass is 32.2. The number of hydrogen-bond acceptors (Lipinski definition) is 7. The van der Waals surface area contributed by atoms with Crippen LogP contribution in [0.4, 0.5) is 10.0 Å². The monoisotopic (exact) mass is 286 g/mol. The van der Waals surface area contributed by atoms with Crippen molar-refractivity contribution in [2.75, 3.05) is 23.0 Å². The van der Waals surface area contributed by atoms with Crippen molar-refractivity contribution in [2.24, 2.45) is 0 Å². The molecule has 0 atom stereocenters. The average Bonchev–Trinajstić information content (AvgIpc) is 2.88. The van der Waals surface area contributed by atoms with Gasteiger partial charge in [-0.25, -0.2) is 9.97 Å². The molecule has 2 rings (SSSR count). The van der Waals surface area contributed by atoms with Gasteiger partial charge in [0.1, 0.15) is 10.0 Å². The Labute approximate surface area is 112 Å². The van der Waals surface area contributed by atoms with Crippen LogP contribution >= 0.6 is 34.4 Å². The van der Waals surface area contributed by atoms with Crippen LogP contribution in [0.25, 0.3) is 0 Å². The van der Waals surface area contributed by atoms with Gasteiger partial charge in [-0.1, -0.05) is 0 Å². The molecule has 4 N–H and O–H groups in total. The molecular weight excluding hydrogens is 272 g/mol. The fourth-order valence-electron chi connectivity index (χ4n) is 1.30. The van der Waals surface area contributed by atoms with Gasteiger partial charge in [-0.2, -0.15) is 11.8 Å². The van der Waals surface area contributed by atoms with Crippen LogP contribution in [0.2, 0.25) is 0 Å². The first-order chi connectivity index (χ1) is 8.24. The lowest BCUT2D eigenvalue weighted by atomic mass is 10.5. The van der Waals surface area contributed by atoms with Gasteiger partial charge in [0.2, 0.25) is 0 Å². The third-order valence-electron chi connectivity index (χ3n) is 2.06. The lowest BCUT2D eigenvalue weighted by molar-refractivity contribution is 1.08. The molecular formula is C10H14N4S3. The molecule has 2 aromatic rings. The van der Waals surface area contributed by atoms with Crippen molar-refractivity contribution in [3.05, 3.63) is 22.4 Å². The van der Waals surface area contributed by atoms with Crippen LogP contribution in [0, 0.1) is 0 Å². The molecule has 0 radical (unpaired) electrons. The Hall–Kier alpha value is -0.790. The van der Waals surface area contributed by atoms with Gasteiger partial charge in [0.15, 0.2) is 0 Å². The fourth-order valence-corrected chi connectivity index (χ4v) is 3.81. The van der Waals surface area contributed by atoms with E-state index in [4.69, 9.17) is 11.5 Å². The summed E-state index contributed by atoms with van der Waals surface area (Å²) in [4.78, 5) is 8.46. The van der Waals surface area contributed by atoms with Gasteiger partial charge >= 0.3 is 0 Å². The number of thiazole rings is 2. The van der Waals surface area contributed by atoms with Crippen molar-refractivity contribution in [1.82, 2.24) is 9.97 Å². The van der Waals surface area contributed by atoms with Crippen molar-refractivity contribution >= 4 is 44.4 Å². The summed E-state index contributed by atoms with van der Waals surface area (Å²) in [6.45, 7) is 0. The zero-order valence-corrected chi connectivity index (χ0v) is 11.7. The highest BCUT2D eigenvalue weighted by Gasteiger charge is 2.01. The van der Waals surface area contributed by atoms with E-state index in [9.17, 15) is 0 Å². The standard InChI is InChI=1S/C10H14N4S3/c11-7-5-13-9(16-7)1-3-15-4-2-10-14-6-8(12)17-10/h5-6H,1-4,11-12H2. The molecule has 7 heteroatoms. The maximum Gasteiger partial charge on any atom is 0.106 e. The molecule has 0 aliphatic heterocycles. The maximum absolute atomic E-state index is 5.62. The SMILES string of the molecule is Nc1cnc(CCSCCc2ncc(N)s2)s1. The third-order valence-corrected chi connectivity index (χ3v) is 4.82. The van der Waals surface area contributed by atoms with Crippen LogP contribution in [-0.2, 0) is 12.8 Å². The van der Waals surface area contributed by atoms with E-state index in [1.54, 1.807) is 35.1 Å². The first kappa shape index (κ1) is 12.7. The smallest absolute Gasteiger partial charge is 0.106 e. The van der Waals surface area contributed by atoms with Crippen LogP contribution in [-0.4, -0.2) is 21.5 Å². The number of aryl methyl sites for hydroxylation is 2. The number of nitrogen functional groups attached to an aromatic ring is 2. The van der Waals surface area contributed by atoms with Crippen molar-refractivity contribution in [2.45, 2.75) is 12.8 Å². The molecule has 0 saturated heterocycles. The normalized spacial score (nSPS) is 10.8. The maximum atomic E-state index is 5.62. The summed E-state index contributed by atoms with van der Waals surface area (Å²) in [6, 6.07) is 0. The van der Waals surface area contributed by atoms with E-state index in [2.05, 4.69) is 9.97 Å². The van der Waals surface area contributed by atoms with Crippen molar-refractivity contribution in [1.29, 1.82) is 0 Å². The van der Waals surface area contributed by atoms with Gasteiger partial charge in [0, 0.05) is 12.8 Å². The van der Waals surface area contributed by atoms with Gasteiger partial charge in [-0.05, 0) is 11.5 Å². The number of hydrogen-bond donors (Lipinski definition) is 2. The number of thioether (sulfide) groups is 1. The zero-order valence-electron chi connectivity index (χ0n) is 9.26. The van der Waals surface area contributed by atoms with Gasteiger partial charge < -0.3 is 11.5 Å². The molecule has 0 amide bonds. The molecule has 0 aromatic carbocycles. The second kappa shape index (κ2) is 6.23. The van der Waals surface area contributed by atoms with E-state index < -0.39 is 0 Å². The van der Waals surface area contributed by atoms with Crippen molar-refractivity contribution < 1.29 is 0 Å². The first-order valence-electron chi connectivity index (χ1n) is 5.22. The number of aromatic nitrogens is 2. The lowest BCUT2D eigenvalue weighted by Gasteiger charge is -1.97. The molecule has 2 aromatic heterocycles. The second-order valence-corrected chi connectivity index (χ2v) is 6.94. The zero-order chi connectivity index (χ0) is 12.1. The molecule has 17 heavy (non-hydrogen) atoms. The van der Waals surface area contributed by atoms with E-state index in [0.29, 0.717) is 0 Å². The quantitative estimate of drug-likeness (QED) is 0.797. The van der Waals surface area contributed by atoms with Crippen LogP contribution in [0.15, 0.2) is 12.4 Å². The summed E-state index contributed by atoms with van der Waals surface area (Å²) < 4.78 is 0. The molecule has 0 unspecified atom stereocenters. The fraction of sp³-hybridized carbons (Fsp3) is 0.400. The molecule has 0 saturated carbocycles. The molecule has 0 spiro atoms. The highest BCUT2D eigenvalue weighted by molar-refractivity contribution is 7.99. The van der Waals surface area contributed by atoms with Crippen molar-refractivity contribution in [3.63, 3.8) is 0 Å². The number of nitrogens with two attached hydrogens (primary N) is 2. The Morgan fingerprint density at radius 3 is 1.76 bits per heavy atom. The van der Waals surface area contributed by atoms with E-state index >= 15 is 0 Å². The Kier molecular flexibility index (Phi) is 4.64. The summed E-state index contributed by atoms with van der Waals surface area (Å²) >= 11 is 5.06. The topological polar surface area (TPSA) is 77.8 Å². The number of anilines is 2.